The summed E-state index contributed by atoms with van der Waals surface area (Å²) in [6.45, 7) is 2.10. The van der Waals surface area contributed by atoms with Crippen molar-refractivity contribution in [2.75, 3.05) is 0 Å². The molecular formula is C13H19NO3. The number of nitrogens with two attached hydrogens (primary N) is 1. The van der Waals surface area contributed by atoms with Gasteiger partial charge in [-0.25, -0.2) is 0 Å². The van der Waals surface area contributed by atoms with E-state index in [0.717, 1.165) is 12.8 Å². The summed E-state index contributed by atoms with van der Waals surface area (Å²) in [4.78, 5) is 10.6. The maximum atomic E-state index is 10.6. The highest BCUT2D eigenvalue weighted by molar-refractivity contribution is 5.74. The topological polar surface area (TPSA) is 83.6 Å². The van der Waals surface area contributed by atoms with E-state index in [9.17, 15) is 15.0 Å². The molecule has 4 heteroatoms. The van der Waals surface area contributed by atoms with Gasteiger partial charge in [-0.15, -0.1) is 0 Å². The Morgan fingerprint density at radius 1 is 1.29 bits per heavy atom. The molecule has 2 unspecified atom stereocenters. The normalized spacial score (nSPS) is 14.3. The molecule has 4 nitrogen and oxygen atoms in total. The SMILES string of the molecule is CCCc1ccc(C(O)C(O)CC(N)=O)cc1. The number of primary amides is 1. The van der Waals surface area contributed by atoms with Crippen molar-refractivity contribution in [3.05, 3.63) is 35.4 Å². The first kappa shape index (κ1) is 13.7. The fourth-order valence-corrected chi connectivity index (χ4v) is 1.71. The fraction of sp³-hybridized carbons (Fsp3) is 0.462. The second-order valence-corrected chi connectivity index (χ2v) is 4.17. The van der Waals surface area contributed by atoms with Gasteiger partial charge in [-0.3, -0.25) is 4.79 Å². The maximum Gasteiger partial charge on any atom is 0.220 e. The number of amides is 1. The molecule has 0 spiro atoms. The van der Waals surface area contributed by atoms with Crippen LogP contribution in [0, 0.1) is 0 Å². The highest BCUT2D eigenvalue weighted by atomic mass is 16.3. The summed E-state index contributed by atoms with van der Waals surface area (Å²) in [7, 11) is 0. The number of carbonyl (C=O) groups is 1. The van der Waals surface area contributed by atoms with Crippen LogP contribution in [0.2, 0.25) is 0 Å². The molecule has 0 aromatic heterocycles. The van der Waals surface area contributed by atoms with Gasteiger partial charge in [0.25, 0.3) is 0 Å². The number of aliphatic hydroxyl groups is 2. The lowest BCUT2D eigenvalue weighted by Crippen LogP contribution is -2.25. The summed E-state index contributed by atoms with van der Waals surface area (Å²) < 4.78 is 0. The first-order valence-electron chi connectivity index (χ1n) is 5.78. The molecule has 94 valence electrons. The van der Waals surface area contributed by atoms with Gasteiger partial charge in [-0.2, -0.15) is 0 Å². The lowest BCUT2D eigenvalue weighted by Gasteiger charge is -2.17. The zero-order valence-electron chi connectivity index (χ0n) is 9.97. The third kappa shape index (κ3) is 4.17. The molecule has 0 heterocycles. The van der Waals surface area contributed by atoms with E-state index in [4.69, 9.17) is 5.73 Å². The zero-order valence-corrected chi connectivity index (χ0v) is 9.97. The monoisotopic (exact) mass is 237 g/mol. The first-order chi connectivity index (χ1) is 8.04. The van der Waals surface area contributed by atoms with E-state index in [2.05, 4.69) is 6.92 Å². The number of benzene rings is 1. The minimum absolute atomic E-state index is 0.238. The Morgan fingerprint density at radius 3 is 2.35 bits per heavy atom. The number of aliphatic hydroxyl groups excluding tert-OH is 2. The molecule has 0 fully saturated rings. The zero-order chi connectivity index (χ0) is 12.8. The summed E-state index contributed by atoms with van der Waals surface area (Å²) in [5.74, 6) is -0.626. The van der Waals surface area contributed by atoms with Crippen LogP contribution in [-0.2, 0) is 11.2 Å². The first-order valence-corrected chi connectivity index (χ1v) is 5.78. The highest BCUT2D eigenvalue weighted by Gasteiger charge is 2.19. The van der Waals surface area contributed by atoms with Gasteiger partial charge >= 0.3 is 0 Å². The Bertz CT molecular complexity index is 361. The third-order valence-corrected chi connectivity index (χ3v) is 2.63. The average Bonchev–Trinajstić information content (AvgIpc) is 2.28. The molecule has 4 N–H and O–H groups in total. The number of carbonyl (C=O) groups excluding carboxylic acids is 1. The van der Waals surface area contributed by atoms with Crippen molar-refractivity contribution < 1.29 is 15.0 Å². The second kappa shape index (κ2) is 6.37. The lowest BCUT2D eigenvalue weighted by atomic mass is 9.99. The van der Waals surface area contributed by atoms with Crippen LogP contribution in [0.4, 0.5) is 0 Å². The van der Waals surface area contributed by atoms with Gasteiger partial charge < -0.3 is 15.9 Å². The van der Waals surface area contributed by atoms with Crippen molar-refractivity contribution in [1.82, 2.24) is 0 Å². The van der Waals surface area contributed by atoms with Gasteiger partial charge in [0.15, 0.2) is 0 Å². The fourth-order valence-electron chi connectivity index (χ4n) is 1.71. The summed E-state index contributed by atoms with van der Waals surface area (Å²) in [6.07, 6.45) is -0.410. The van der Waals surface area contributed by atoms with Crippen LogP contribution < -0.4 is 5.73 Å². The molecule has 1 rings (SSSR count). The van der Waals surface area contributed by atoms with Crippen LogP contribution in [0.25, 0.3) is 0 Å². The third-order valence-electron chi connectivity index (χ3n) is 2.63. The molecule has 0 aliphatic rings. The predicted molar refractivity (Wildman–Crippen MR) is 65.2 cm³/mol. The van der Waals surface area contributed by atoms with Gasteiger partial charge in [0.2, 0.25) is 5.91 Å². The van der Waals surface area contributed by atoms with Gasteiger partial charge in [0.05, 0.1) is 12.5 Å². The predicted octanol–water partition coefficient (Wildman–Crippen LogP) is 0.909. The molecule has 0 saturated heterocycles. The van der Waals surface area contributed by atoms with Crippen LogP contribution in [0.3, 0.4) is 0 Å². The van der Waals surface area contributed by atoms with E-state index in [1.165, 1.54) is 5.56 Å². The molecule has 0 aliphatic carbocycles. The highest BCUT2D eigenvalue weighted by Crippen LogP contribution is 2.19. The average molecular weight is 237 g/mol. The van der Waals surface area contributed by atoms with Crippen LogP contribution in [0.1, 0.15) is 37.0 Å². The summed E-state index contributed by atoms with van der Waals surface area (Å²) in [5.41, 5.74) is 6.75. The number of aryl methyl sites for hydroxylation is 1. The van der Waals surface area contributed by atoms with Crippen LogP contribution in [-0.4, -0.2) is 22.2 Å². The Kier molecular flexibility index (Phi) is 5.12. The van der Waals surface area contributed by atoms with Gasteiger partial charge in [0.1, 0.15) is 6.10 Å². The maximum absolute atomic E-state index is 10.6. The van der Waals surface area contributed by atoms with Crippen LogP contribution >= 0.6 is 0 Å². The number of hydrogen-bond donors (Lipinski definition) is 3. The van der Waals surface area contributed by atoms with Crippen molar-refractivity contribution in [1.29, 1.82) is 0 Å². The molecule has 0 aliphatic heterocycles. The summed E-state index contributed by atoms with van der Waals surface area (Å²) >= 11 is 0. The lowest BCUT2D eigenvalue weighted by molar-refractivity contribution is -0.121. The van der Waals surface area contributed by atoms with Crippen molar-refractivity contribution in [2.45, 2.75) is 38.4 Å². The molecule has 17 heavy (non-hydrogen) atoms. The van der Waals surface area contributed by atoms with Gasteiger partial charge in [-0.1, -0.05) is 37.6 Å². The molecule has 1 aromatic rings. The molecular weight excluding hydrogens is 218 g/mol. The molecule has 0 radical (unpaired) electrons. The van der Waals surface area contributed by atoms with Crippen molar-refractivity contribution in [3.63, 3.8) is 0 Å². The summed E-state index contributed by atoms with van der Waals surface area (Å²) in [5, 5.41) is 19.4. The smallest absolute Gasteiger partial charge is 0.220 e. The quantitative estimate of drug-likeness (QED) is 0.687. The van der Waals surface area contributed by atoms with E-state index >= 15 is 0 Å². The van der Waals surface area contributed by atoms with Crippen molar-refractivity contribution in [3.8, 4) is 0 Å². The van der Waals surface area contributed by atoms with Crippen LogP contribution in [0.15, 0.2) is 24.3 Å². The van der Waals surface area contributed by atoms with E-state index in [0.29, 0.717) is 5.56 Å². The van der Waals surface area contributed by atoms with E-state index in [1.54, 1.807) is 12.1 Å². The van der Waals surface area contributed by atoms with E-state index < -0.39 is 18.1 Å². The minimum atomic E-state index is -1.15. The van der Waals surface area contributed by atoms with E-state index in [-0.39, 0.29) is 6.42 Å². The second-order valence-electron chi connectivity index (χ2n) is 4.17. The Labute approximate surface area is 101 Å². The summed E-state index contributed by atoms with van der Waals surface area (Å²) in [6, 6.07) is 7.36. The minimum Gasteiger partial charge on any atom is -0.390 e. The molecule has 1 aromatic carbocycles. The van der Waals surface area contributed by atoms with Crippen LogP contribution in [0.5, 0.6) is 0 Å². The number of rotatable bonds is 6. The number of hydrogen-bond acceptors (Lipinski definition) is 3. The van der Waals surface area contributed by atoms with E-state index in [1.807, 2.05) is 12.1 Å². The Morgan fingerprint density at radius 2 is 1.88 bits per heavy atom. The largest absolute Gasteiger partial charge is 0.390 e. The van der Waals surface area contributed by atoms with Gasteiger partial charge in [-0.05, 0) is 17.5 Å². The van der Waals surface area contributed by atoms with Gasteiger partial charge in [0, 0.05) is 0 Å². The molecule has 0 bridgehead atoms. The molecule has 2 atom stereocenters. The molecule has 1 amide bonds. The Hall–Kier alpha value is -1.39. The standard InChI is InChI=1S/C13H19NO3/c1-2-3-9-4-6-10(7-5-9)13(17)11(15)8-12(14)16/h4-7,11,13,15,17H,2-3,8H2,1H3,(H2,14,16). The molecule has 0 saturated carbocycles. The Balaban J connectivity index is 2.68. The van der Waals surface area contributed by atoms with Crippen molar-refractivity contribution >= 4 is 5.91 Å². The van der Waals surface area contributed by atoms with Crippen molar-refractivity contribution in [2.24, 2.45) is 5.73 Å².